The number of hydrogen-bond donors (Lipinski definition) is 1. The lowest BCUT2D eigenvalue weighted by Gasteiger charge is -2.29. The lowest BCUT2D eigenvalue weighted by Crippen LogP contribution is -2.37. The summed E-state index contributed by atoms with van der Waals surface area (Å²) in [6.45, 7) is 5.15. The molecule has 0 aliphatic carbocycles. The Morgan fingerprint density at radius 2 is 1.97 bits per heavy atom. The van der Waals surface area contributed by atoms with E-state index in [1.807, 2.05) is 6.92 Å². The number of hydrogen-bond acceptors (Lipinski definition) is 7. The van der Waals surface area contributed by atoms with Gasteiger partial charge in [0.05, 0.1) is 16.8 Å². The Morgan fingerprint density at radius 1 is 1.21 bits per heavy atom. The highest BCUT2D eigenvalue weighted by Crippen LogP contribution is 2.29. The number of nitrogens with zero attached hydrogens (tertiary/aromatic N) is 6. The zero-order valence-electron chi connectivity index (χ0n) is 16.4. The largest absolute Gasteiger partial charge is 0.381 e. The molecule has 2 aromatic heterocycles. The van der Waals surface area contributed by atoms with Crippen LogP contribution in [-0.2, 0) is 10.0 Å². The quantitative estimate of drug-likeness (QED) is 0.695. The van der Waals surface area contributed by atoms with Crippen molar-refractivity contribution in [3.8, 4) is 17.1 Å². The minimum atomic E-state index is -3.56. The Morgan fingerprint density at radius 3 is 2.66 bits per heavy atom. The van der Waals surface area contributed by atoms with Gasteiger partial charge in [0.2, 0.25) is 10.0 Å². The number of benzene rings is 1. The van der Waals surface area contributed by atoms with E-state index in [0.29, 0.717) is 36.1 Å². The van der Waals surface area contributed by atoms with Crippen LogP contribution < -0.4 is 5.73 Å². The van der Waals surface area contributed by atoms with E-state index in [2.05, 4.69) is 27.0 Å². The molecule has 1 aliphatic rings. The van der Waals surface area contributed by atoms with Gasteiger partial charge >= 0.3 is 0 Å². The molecule has 0 radical (unpaired) electrons. The molecule has 0 bridgehead atoms. The van der Waals surface area contributed by atoms with E-state index in [1.165, 1.54) is 23.5 Å². The molecule has 0 spiro atoms. The fourth-order valence-electron chi connectivity index (χ4n) is 3.42. The molecule has 1 fully saturated rings. The summed E-state index contributed by atoms with van der Waals surface area (Å²) >= 11 is 0. The molecule has 1 aliphatic heterocycles. The molecule has 29 heavy (non-hydrogen) atoms. The normalized spacial score (nSPS) is 16.2. The molecule has 2 N–H and O–H groups in total. The Bertz CT molecular complexity index is 1120. The van der Waals surface area contributed by atoms with E-state index in [-0.39, 0.29) is 10.7 Å². The van der Waals surface area contributed by atoms with Gasteiger partial charge in [-0.2, -0.15) is 14.1 Å². The van der Waals surface area contributed by atoms with Gasteiger partial charge in [-0.1, -0.05) is 13.0 Å². The molecule has 1 aromatic carbocycles. The average Bonchev–Trinajstić information content (AvgIpc) is 3.24. The number of nitrogens with two attached hydrogens (primary N) is 1. The van der Waals surface area contributed by atoms with Gasteiger partial charge in [0.25, 0.3) is 0 Å². The summed E-state index contributed by atoms with van der Waals surface area (Å²) in [7, 11) is -3.56. The highest BCUT2D eigenvalue weighted by molar-refractivity contribution is 7.89. The maximum Gasteiger partial charge on any atom is 0.243 e. The van der Waals surface area contributed by atoms with Crippen molar-refractivity contribution in [2.24, 2.45) is 5.92 Å². The standard InChI is InChI=1S/C19H23N7O2S/c1-13-5-7-25(8-6-13)29(27,28)15-4-3-14(2)16(9-15)17-10-22-18(20)19(24-17)26-12-21-11-23-26/h3-4,9-13H,5-8H2,1-2H3,(H2,20,22). The van der Waals surface area contributed by atoms with Crippen LogP contribution >= 0.6 is 0 Å². The molecule has 3 aromatic rings. The fourth-order valence-corrected chi connectivity index (χ4v) is 4.91. The van der Waals surface area contributed by atoms with Gasteiger partial charge in [-0.15, -0.1) is 0 Å². The third-order valence-electron chi connectivity index (χ3n) is 5.28. The van der Waals surface area contributed by atoms with Crippen molar-refractivity contribution >= 4 is 15.8 Å². The first-order valence-electron chi connectivity index (χ1n) is 9.45. The molecule has 1 saturated heterocycles. The van der Waals surface area contributed by atoms with E-state index >= 15 is 0 Å². The average molecular weight is 414 g/mol. The zero-order chi connectivity index (χ0) is 20.6. The predicted octanol–water partition coefficient (Wildman–Crippen LogP) is 2.04. The second-order valence-electron chi connectivity index (χ2n) is 7.37. The Kier molecular flexibility index (Phi) is 5.05. The Hall–Kier alpha value is -2.85. The SMILES string of the molecule is Cc1ccc(S(=O)(=O)N2CCC(C)CC2)cc1-c1cnc(N)c(-n2cncn2)n1. The van der Waals surface area contributed by atoms with Crippen molar-refractivity contribution in [2.45, 2.75) is 31.6 Å². The minimum absolute atomic E-state index is 0.211. The van der Waals surface area contributed by atoms with E-state index in [4.69, 9.17) is 5.73 Å². The molecule has 0 unspecified atom stereocenters. The predicted molar refractivity (Wildman–Crippen MR) is 109 cm³/mol. The molecule has 9 nitrogen and oxygen atoms in total. The van der Waals surface area contributed by atoms with E-state index in [0.717, 1.165) is 18.4 Å². The molecular formula is C19H23N7O2S. The molecule has 0 atom stereocenters. The number of aryl methyl sites for hydroxylation is 1. The highest BCUT2D eigenvalue weighted by atomic mass is 32.2. The number of aromatic nitrogens is 5. The van der Waals surface area contributed by atoms with Crippen LogP contribution in [0.1, 0.15) is 25.3 Å². The van der Waals surface area contributed by atoms with Gasteiger partial charge in [0.1, 0.15) is 12.7 Å². The zero-order valence-corrected chi connectivity index (χ0v) is 17.2. The Balaban J connectivity index is 1.74. The summed E-state index contributed by atoms with van der Waals surface area (Å²) in [6, 6.07) is 5.10. The second kappa shape index (κ2) is 7.53. The first kappa shape index (κ1) is 19.5. The lowest BCUT2D eigenvalue weighted by molar-refractivity contribution is 0.288. The first-order valence-corrected chi connectivity index (χ1v) is 10.9. The van der Waals surface area contributed by atoms with Crippen molar-refractivity contribution < 1.29 is 8.42 Å². The summed E-state index contributed by atoms with van der Waals surface area (Å²) in [5, 5.41) is 4.05. The summed E-state index contributed by atoms with van der Waals surface area (Å²) in [4.78, 5) is 12.9. The van der Waals surface area contributed by atoms with Gasteiger partial charge in [-0.3, -0.25) is 0 Å². The number of nitrogen functional groups attached to an aromatic ring is 1. The molecular weight excluding hydrogens is 390 g/mol. The monoisotopic (exact) mass is 413 g/mol. The van der Waals surface area contributed by atoms with Crippen molar-refractivity contribution in [1.82, 2.24) is 29.0 Å². The molecule has 3 heterocycles. The van der Waals surface area contributed by atoms with Gasteiger partial charge < -0.3 is 5.73 Å². The van der Waals surface area contributed by atoms with Gasteiger partial charge in [0, 0.05) is 18.7 Å². The van der Waals surface area contributed by atoms with Crippen molar-refractivity contribution in [3.63, 3.8) is 0 Å². The van der Waals surface area contributed by atoms with E-state index in [1.54, 1.807) is 22.5 Å². The van der Waals surface area contributed by atoms with Crippen LogP contribution in [-0.4, -0.2) is 50.5 Å². The number of anilines is 1. The van der Waals surface area contributed by atoms with Crippen molar-refractivity contribution in [2.75, 3.05) is 18.8 Å². The maximum atomic E-state index is 13.1. The number of piperidine rings is 1. The molecule has 4 rings (SSSR count). The van der Waals surface area contributed by atoms with Gasteiger partial charge in [-0.05, 0) is 43.4 Å². The van der Waals surface area contributed by atoms with Gasteiger partial charge in [0.15, 0.2) is 11.6 Å². The van der Waals surface area contributed by atoms with Crippen molar-refractivity contribution in [1.29, 1.82) is 0 Å². The number of rotatable bonds is 4. The third-order valence-corrected chi connectivity index (χ3v) is 7.18. The molecule has 10 heteroatoms. The van der Waals surface area contributed by atoms with Crippen LogP contribution in [0.15, 0.2) is 41.9 Å². The smallest absolute Gasteiger partial charge is 0.243 e. The molecule has 0 saturated carbocycles. The van der Waals surface area contributed by atoms with Crippen LogP contribution in [0.5, 0.6) is 0 Å². The second-order valence-corrected chi connectivity index (χ2v) is 9.31. The molecule has 0 amide bonds. The Labute approximate surface area is 169 Å². The summed E-state index contributed by atoms with van der Waals surface area (Å²) < 4.78 is 29.3. The van der Waals surface area contributed by atoms with Crippen LogP contribution in [0.2, 0.25) is 0 Å². The fraction of sp³-hybridized carbons (Fsp3) is 0.368. The van der Waals surface area contributed by atoms with E-state index in [9.17, 15) is 8.42 Å². The summed E-state index contributed by atoms with van der Waals surface area (Å²) in [5.41, 5.74) is 8.03. The van der Waals surface area contributed by atoms with Gasteiger partial charge in [-0.25, -0.2) is 23.4 Å². The number of sulfonamides is 1. The van der Waals surface area contributed by atoms with Crippen LogP contribution in [0.4, 0.5) is 5.82 Å². The lowest BCUT2D eigenvalue weighted by atomic mass is 10.0. The first-order chi connectivity index (χ1) is 13.9. The molecule has 152 valence electrons. The summed E-state index contributed by atoms with van der Waals surface area (Å²) in [5.74, 6) is 1.11. The van der Waals surface area contributed by atoms with Crippen molar-refractivity contribution in [3.05, 3.63) is 42.6 Å². The van der Waals surface area contributed by atoms with Crippen LogP contribution in [0.3, 0.4) is 0 Å². The summed E-state index contributed by atoms with van der Waals surface area (Å²) in [6.07, 6.45) is 6.16. The highest BCUT2D eigenvalue weighted by Gasteiger charge is 2.28. The van der Waals surface area contributed by atoms with E-state index < -0.39 is 10.0 Å². The topological polar surface area (TPSA) is 120 Å². The third kappa shape index (κ3) is 3.73. The minimum Gasteiger partial charge on any atom is -0.381 e. The van der Waals surface area contributed by atoms with Crippen LogP contribution in [0.25, 0.3) is 17.1 Å². The maximum absolute atomic E-state index is 13.1. The van der Waals surface area contributed by atoms with Crippen LogP contribution in [0, 0.1) is 12.8 Å².